The minimum absolute atomic E-state index is 0.112. The number of nitrogens with two attached hydrogens (primary N) is 1. The predicted octanol–water partition coefficient (Wildman–Crippen LogP) is 4.73. The summed E-state index contributed by atoms with van der Waals surface area (Å²) >= 11 is 0. The normalized spacial score (nSPS) is 17.7. The molecule has 3 N–H and O–H groups in total. The molecule has 5 rings (SSSR count). The number of amides is 1. The van der Waals surface area contributed by atoms with E-state index in [0.29, 0.717) is 18.8 Å². The summed E-state index contributed by atoms with van der Waals surface area (Å²) in [5, 5.41) is 2.85. The average Bonchev–Trinajstić information content (AvgIpc) is 3.07. The van der Waals surface area contributed by atoms with Crippen molar-refractivity contribution >= 4 is 15.7 Å². The van der Waals surface area contributed by atoms with Gasteiger partial charge >= 0.3 is 0 Å². The zero-order valence-electron chi connectivity index (χ0n) is 25.8. The number of piperazine rings is 1. The fourth-order valence-electron chi connectivity index (χ4n) is 6.41. The molecular formula is C35H46N4O4S. The SMILES string of the molecule is C[C@@H](c1ccc(S(=O)(=O)c2cccc(OCCNC(=O)Cc3cccc(CN)c3)c2)cc1)N1CCN(C2CCCCC2)CC1. The molecule has 3 aromatic rings. The van der Waals surface area contributed by atoms with Crippen molar-refractivity contribution in [1.29, 1.82) is 0 Å². The Balaban J connectivity index is 1.11. The van der Waals surface area contributed by atoms with Gasteiger partial charge in [0.1, 0.15) is 12.4 Å². The van der Waals surface area contributed by atoms with Gasteiger partial charge in [-0.05, 0) is 66.8 Å². The van der Waals surface area contributed by atoms with Crippen molar-refractivity contribution in [2.45, 2.75) is 73.9 Å². The molecule has 0 spiro atoms. The first-order chi connectivity index (χ1) is 21.3. The van der Waals surface area contributed by atoms with Crippen LogP contribution in [0.5, 0.6) is 5.75 Å². The molecule has 1 saturated heterocycles. The van der Waals surface area contributed by atoms with Crippen molar-refractivity contribution in [3.63, 3.8) is 0 Å². The first-order valence-corrected chi connectivity index (χ1v) is 17.4. The van der Waals surface area contributed by atoms with E-state index in [-0.39, 0.29) is 34.8 Å². The number of benzene rings is 3. The molecule has 1 amide bonds. The first-order valence-electron chi connectivity index (χ1n) is 15.9. The zero-order valence-corrected chi connectivity index (χ0v) is 26.6. The molecule has 1 aliphatic heterocycles. The van der Waals surface area contributed by atoms with Crippen LogP contribution in [-0.4, -0.2) is 69.5 Å². The van der Waals surface area contributed by atoms with Crippen molar-refractivity contribution in [2.75, 3.05) is 39.3 Å². The van der Waals surface area contributed by atoms with E-state index in [9.17, 15) is 13.2 Å². The number of carbonyl (C=O) groups is 1. The second kappa shape index (κ2) is 15.2. The van der Waals surface area contributed by atoms with Crippen LogP contribution in [0.25, 0.3) is 0 Å². The number of hydrogen-bond donors (Lipinski definition) is 2. The summed E-state index contributed by atoms with van der Waals surface area (Å²) in [6, 6.07) is 22.5. The highest BCUT2D eigenvalue weighted by Crippen LogP contribution is 2.29. The highest BCUT2D eigenvalue weighted by atomic mass is 32.2. The molecule has 0 aromatic heterocycles. The number of sulfone groups is 1. The molecule has 2 aliphatic rings. The van der Waals surface area contributed by atoms with E-state index in [0.717, 1.165) is 48.9 Å². The van der Waals surface area contributed by atoms with Gasteiger partial charge < -0.3 is 15.8 Å². The fraction of sp³-hybridized carbons (Fsp3) is 0.457. The van der Waals surface area contributed by atoms with E-state index in [4.69, 9.17) is 10.5 Å². The van der Waals surface area contributed by atoms with Crippen LogP contribution >= 0.6 is 0 Å². The Morgan fingerprint density at radius 1 is 0.909 bits per heavy atom. The number of hydrogen-bond acceptors (Lipinski definition) is 7. The van der Waals surface area contributed by atoms with Crippen LogP contribution in [0.2, 0.25) is 0 Å². The Morgan fingerprint density at radius 2 is 1.61 bits per heavy atom. The lowest BCUT2D eigenvalue weighted by Crippen LogP contribution is -2.51. The third kappa shape index (κ3) is 8.27. The van der Waals surface area contributed by atoms with E-state index in [1.165, 1.54) is 38.2 Å². The van der Waals surface area contributed by atoms with Gasteiger partial charge in [-0.3, -0.25) is 14.6 Å². The number of nitrogens with zero attached hydrogens (tertiary/aromatic N) is 2. The van der Waals surface area contributed by atoms with Gasteiger partial charge in [-0.2, -0.15) is 0 Å². The van der Waals surface area contributed by atoms with Crippen LogP contribution in [0, 0.1) is 0 Å². The largest absolute Gasteiger partial charge is 0.492 e. The molecule has 9 heteroatoms. The fourth-order valence-corrected chi connectivity index (χ4v) is 7.71. The van der Waals surface area contributed by atoms with Gasteiger partial charge in [0, 0.05) is 44.8 Å². The number of carbonyl (C=O) groups excluding carboxylic acids is 1. The molecule has 3 aromatic carbocycles. The Hall–Kier alpha value is -3.24. The summed E-state index contributed by atoms with van der Waals surface area (Å²) in [6.07, 6.45) is 7.04. The number of ether oxygens (including phenoxy) is 1. The highest BCUT2D eigenvalue weighted by Gasteiger charge is 2.28. The molecule has 0 radical (unpaired) electrons. The lowest BCUT2D eigenvalue weighted by atomic mass is 9.93. The summed E-state index contributed by atoms with van der Waals surface area (Å²) in [6.45, 7) is 7.46. The maximum atomic E-state index is 13.5. The van der Waals surface area contributed by atoms with Crippen LogP contribution in [0.1, 0.15) is 61.8 Å². The molecule has 8 nitrogen and oxygen atoms in total. The standard InChI is InChI=1S/C35H46N4O4S/c1-27(38-18-20-39(21-19-38)31-9-3-2-4-10-31)30-13-15-33(16-14-30)44(41,42)34-12-6-11-32(25-34)43-22-17-37-35(40)24-28-7-5-8-29(23-28)26-36/h5-8,11-16,23,25,27,31H,2-4,9-10,17-22,24,26,36H2,1H3,(H,37,40)/t27-/m0/s1. The monoisotopic (exact) mass is 618 g/mol. The van der Waals surface area contributed by atoms with E-state index < -0.39 is 9.84 Å². The summed E-state index contributed by atoms with van der Waals surface area (Å²) < 4.78 is 32.7. The number of nitrogens with one attached hydrogen (secondary N) is 1. The summed E-state index contributed by atoms with van der Waals surface area (Å²) in [5.74, 6) is 0.326. The van der Waals surface area contributed by atoms with Gasteiger partial charge in [-0.25, -0.2) is 8.42 Å². The molecule has 1 aliphatic carbocycles. The summed E-state index contributed by atoms with van der Waals surface area (Å²) in [4.78, 5) is 17.9. The van der Waals surface area contributed by atoms with E-state index in [2.05, 4.69) is 22.0 Å². The molecule has 236 valence electrons. The van der Waals surface area contributed by atoms with E-state index >= 15 is 0 Å². The number of rotatable bonds is 12. The molecule has 1 atom stereocenters. The third-order valence-corrected chi connectivity index (χ3v) is 10.8. The van der Waals surface area contributed by atoms with Gasteiger partial charge in [0.15, 0.2) is 0 Å². The molecule has 1 heterocycles. The maximum absolute atomic E-state index is 13.5. The van der Waals surface area contributed by atoms with Crippen molar-refractivity contribution in [3.8, 4) is 5.75 Å². The molecular weight excluding hydrogens is 572 g/mol. The van der Waals surface area contributed by atoms with Crippen LogP contribution in [-0.2, 0) is 27.6 Å². The minimum atomic E-state index is -3.71. The quantitative estimate of drug-likeness (QED) is 0.283. The molecule has 0 unspecified atom stereocenters. The maximum Gasteiger partial charge on any atom is 0.224 e. The second-order valence-electron chi connectivity index (χ2n) is 12.0. The third-order valence-electron chi connectivity index (χ3n) is 9.06. The first kappa shape index (κ1) is 32.2. The molecule has 1 saturated carbocycles. The molecule has 0 bridgehead atoms. The van der Waals surface area contributed by atoms with E-state index in [1.807, 2.05) is 36.4 Å². The van der Waals surface area contributed by atoms with Gasteiger partial charge in [-0.1, -0.05) is 61.7 Å². The zero-order chi connectivity index (χ0) is 30.9. The molecule has 2 fully saturated rings. The van der Waals surface area contributed by atoms with Crippen LogP contribution in [0.15, 0.2) is 82.6 Å². The minimum Gasteiger partial charge on any atom is -0.492 e. The van der Waals surface area contributed by atoms with Crippen LogP contribution in [0.4, 0.5) is 0 Å². The molecule has 44 heavy (non-hydrogen) atoms. The Bertz CT molecular complexity index is 1480. The van der Waals surface area contributed by atoms with Gasteiger partial charge in [0.2, 0.25) is 15.7 Å². The van der Waals surface area contributed by atoms with Gasteiger partial charge in [-0.15, -0.1) is 0 Å². The van der Waals surface area contributed by atoms with Gasteiger partial charge in [0.05, 0.1) is 22.8 Å². The smallest absolute Gasteiger partial charge is 0.224 e. The van der Waals surface area contributed by atoms with Crippen LogP contribution < -0.4 is 15.8 Å². The topological polar surface area (TPSA) is 105 Å². The van der Waals surface area contributed by atoms with Crippen molar-refractivity contribution in [3.05, 3.63) is 89.5 Å². The van der Waals surface area contributed by atoms with E-state index in [1.54, 1.807) is 30.3 Å². The highest BCUT2D eigenvalue weighted by molar-refractivity contribution is 7.91. The predicted molar refractivity (Wildman–Crippen MR) is 173 cm³/mol. The van der Waals surface area contributed by atoms with Crippen molar-refractivity contribution in [1.82, 2.24) is 15.1 Å². The lowest BCUT2D eigenvalue weighted by Gasteiger charge is -2.42. The second-order valence-corrected chi connectivity index (χ2v) is 13.9. The lowest BCUT2D eigenvalue weighted by molar-refractivity contribution is -0.120. The van der Waals surface area contributed by atoms with Crippen molar-refractivity contribution in [2.24, 2.45) is 5.73 Å². The average molecular weight is 619 g/mol. The summed E-state index contributed by atoms with van der Waals surface area (Å²) in [7, 11) is -3.71. The van der Waals surface area contributed by atoms with Gasteiger partial charge in [0.25, 0.3) is 0 Å². The summed E-state index contributed by atoms with van der Waals surface area (Å²) in [5.41, 5.74) is 8.69. The Labute approximate surface area is 262 Å². The Kier molecular flexibility index (Phi) is 11.1. The van der Waals surface area contributed by atoms with Crippen molar-refractivity contribution < 1.29 is 17.9 Å². The Morgan fingerprint density at radius 3 is 2.34 bits per heavy atom. The van der Waals surface area contributed by atoms with Crippen LogP contribution in [0.3, 0.4) is 0 Å².